The molecule has 3 atom stereocenters. The highest BCUT2D eigenvalue weighted by atomic mass is 32.2. The van der Waals surface area contributed by atoms with Crippen LogP contribution in [0.25, 0.3) is 0 Å². The summed E-state index contributed by atoms with van der Waals surface area (Å²) in [6, 6.07) is 10.5. The van der Waals surface area contributed by atoms with E-state index < -0.39 is 0 Å². The zero-order valence-corrected chi connectivity index (χ0v) is 10.8. The van der Waals surface area contributed by atoms with E-state index in [-0.39, 0.29) is 12.6 Å². The molecule has 0 aliphatic carbocycles. The van der Waals surface area contributed by atoms with Crippen LogP contribution in [0.3, 0.4) is 0 Å². The molecular weight excluding hydrogens is 218 g/mol. The number of hydrogen-bond acceptors (Lipinski definition) is 3. The summed E-state index contributed by atoms with van der Waals surface area (Å²) < 4.78 is 0. The van der Waals surface area contributed by atoms with Crippen molar-refractivity contribution >= 4 is 11.8 Å². The maximum atomic E-state index is 9.01. The normalized spacial score (nSPS) is 16.8. The van der Waals surface area contributed by atoms with Crippen molar-refractivity contribution in [2.75, 3.05) is 12.4 Å². The molecule has 3 heteroatoms. The van der Waals surface area contributed by atoms with E-state index in [9.17, 15) is 0 Å². The summed E-state index contributed by atoms with van der Waals surface area (Å²) in [5.74, 6) is 1.27. The molecule has 90 valence electrons. The first-order chi connectivity index (χ1) is 7.65. The SMILES string of the molecule is CC(CO)CSC(c1ccccc1)C(C)N. The Morgan fingerprint density at radius 1 is 1.25 bits per heavy atom. The van der Waals surface area contributed by atoms with Gasteiger partial charge >= 0.3 is 0 Å². The largest absolute Gasteiger partial charge is 0.396 e. The Balaban J connectivity index is 2.62. The Bertz CT molecular complexity index is 289. The molecule has 0 aliphatic rings. The number of nitrogens with two attached hydrogens (primary N) is 1. The third kappa shape index (κ3) is 4.16. The van der Waals surface area contributed by atoms with Crippen LogP contribution in [0.15, 0.2) is 30.3 Å². The van der Waals surface area contributed by atoms with Gasteiger partial charge in [-0.15, -0.1) is 0 Å². The van der Waals surface area contributed by atoms with Gasteiger partial charge in [0.25, 0.3) is 0 Å². The average molecular weight is 239 g/mol. The predicted octanol–water partition coefficient (Wildman–Crippen LogP) is 2.44. The molecule has 2 nitrogen and oxygen atoms in total. The third-order valence-corrected chi connectivity index (χ3v) is 4.30. The summed E-state index contributed by atoms with van der Waals surface area (Å²) in [6.45, 7) is 4.33. The lowest BCUT2D eigenvalue weighted by atomic mass is 10.1. The smallest absolute Gasteiger partial charge is 0.0464 e. The van der Waals surface area contributed by atoms with Crippen molar-refractivity contribution in [1.82, 2.24) is 0 Å². The zero-order chi connectivity index (χ0) is 12.0. The van der Waals surface area contributed by atoms with Crippen LogP contribution in [0.4, 0.5) is 0 Å². The first kappa shape index (κ1) is 13.6. The number of thioether (sulfide) groups is 1. The molecule has 1 rings (SSSR count). The van der Waals surface area contributed by atoms with Gasteiger partial charge in [0.1, 0.15) is 0 Å². The molecule has 0 saturated heterocycles. The van der Waals surface area contributed by atoms with Gasteiger partial charge in [-0.3, -0.25) is 0 Å². The van der Waals surface area contributed by atoms with E-state index in [4.69, 9.17) is 10.8 Å². The van der Waals surface area contributed by atoms with Crippen molar-refractivity contribution in [2.45, 2.75) is 25.1 Å². The lowest BCUT2D eigenvalue weighted by Crippen LogP contribution is -2.23. The summed E-state index contributed by atoms with van der Waals surface area (Å²) in [6.07, 6.45) is 0. The van der Waals surface area contributed by atoms with Crippen LogP contribution in [-0.4, -0.2) is 23.5 Å². The van der Waals surface area contributed by atoms with Crippen molar-refractivity contribution in [3.05, 3.63) is 35.9 Å². The van der Waals surface area contributed by atoms with E-state index in [1.54, 1.807) is 0 Å². The molecule has 1 aromatic carbocycles. The highest BCUT2D eigenvalue weighted by molar-refractivity contribution is 7.99. The summed E-state index contributed by atoms with van der Waals surface area (Å²) in [5, 5.41) is 9.33. The Morgan fingerprint density at radius 2 is 1.88 bits per heavy atom. The topological polar surface area (TPSA) is 46.2 Å². The molecule has 0 radical (unpaired) electrons. The van der Waals surface area contributed by atoms with Gasteiger partial charge in [0, 0.05) is 17.9 Å². The van der Waals surface area contributed by atoms with Gasteiger partial charge in [0.15, 0.2) is 0 Å². The maximum Gasteiger partial charge on any atom is 0.0464 e. The van der Waals surface area contributed by atoms with Crippen LogP contribution in [0.2, 0.25) is 0 Å². The van der Waals surface area contributed by atoms with Gasteiger partial charge in [-0.2, -0.15) is 11.8 Å². The lowest BCUT2D eigenvalue weighted by Gasteiger charge is -2.22. The minimum Gasteiger partial charge on any atom is -0.396 e. The van der Waals surface area contributed by atoms with E-state index in [1.807, 2.05) is 36.9 Å². The highest BCUT2D eigenvalue weighted by Crippen LogP contribution is 2.32. The van der Waals surface area contributed by atoms with Gasteiger partial charge in [-0.1, -0.05) is 37.3 Å². The van der Waals surface area contributed by atoms with E-state index in [0.29, 0.717) is 11.2 Å². The fourth-order valence-electron chi connectivity index (χ4n) is 1.51. The van der Waals surface area contributed by atoms with Crippen LogP contribution >= 0.6 is 11.8 Å². The molecule has 3 N–H and O–H groups in total. The molecule has 3 unspecified atom stereocenters. The number of benzene rings is 1. The second-order valence-corrected chi connectivity index (χ2v) is 5.49. The van der Waals surface area contributed by atoms with Crippen molar-refractivity contribution < 1.29 is 5.11 Å². The first-order valence-corrected chi connectivity index (χ1v) is 6.73. The Kier molecular flexibility index (Phi) is 5.88. The van der Waals surface area contributed by atoms with Gasteiger partial charge in [0.05, 0.1) is 0 Å². The number of rotatable bonds is 6. The van der Waals surface area contributed by atoms with E-state index in [1.165, 1.54) is 5.56 Å². The zero-order valence-electron chi connectivity index (χ0n) is 9.97. The molecule has 0 aliphatic heterocycles. The average Bonchev–Trinajstić information content (AvgIpc) is 2.30. The number of aliphatic hydroxyl groups is 1. The standard InChI is InChI=1S/C13H21NOS/c1-10(8-15)9-16-13(11(2)14)12-6-4-3-5-7-12/h3-7,10-11,13,15H,8-9,14H2,1-2H3. The van der Waals surface area contributed by atoms with Crippen molar-refractivity contribution in [3.8, 4) is 0 Å². The van der Waals surface area contributed by atoms with Crippen molar-refractivity contribution in [1.29, 1.82) is 0 Å². The molecule has 0 spiro atoms. The molecule has 0 amide bonds. The molecular formula is C13H21NOS. The molecule has 0 heterocycles. The highest BCUT2D eigenvalue weighted by Gasteiger charge is 2.17. The Hall–Kier alpha value is -0.510. The molecule has 0 saturated carbocycles. The van der Waals surface area contributed by atoms with Gasteiger partial charge in [-0.05, 0) is 24.2 Å². The fourth-order valence-corrected chi connectivity index (χ4v) is 2.81. The van der Waals surface area contributed by atoms with Crippen LogP contribution < -0.4 is 5.73 Å². The minimum atomic E-state index is 0.123. The second-order valence-electron chi connectivity index (χ2n) is 4.31. The summed E-state index contributed by atoms with van der Waals surface area (Å²) in [7, 11) is 0. The van der Waals surface area contributed by atoms with Crippen molar-refractivity contribution in [2.24, 2.45) is 11.7 Å². The third-order valence-electron chi connectivity index (χ3n) is 2.48. The van der Waals surface area contributed by atoms with Crippen LogP contribution in [0, 0.1) is 5.92 Å². The molecule has 0 fully saturated rings. The molecule has 0 bridgehead atoms. The fraction of sp³-hybridized carbons (Fsp3) is 0.538. The summed E-state index contributed by atoms with van der Waals surface area (Å²) in [4.78, 5) is 0. The Labute approximate surface area is 102 Å². The van der Waals surface area contributed by atoms with E-state index in [2.05, 4.69) is 19.1 Å². The first-order valence-electron chi connectivity index (χ1n) is 5.68. The summed E-state index contributed by atoms with van der Waals surface area (Å²) >= 11 is 1.83. The summed E-state index contributed by atoms with van der Waals surface area (Å²) in [5.41, 5.74) is 7.28. The number of aliphatic hydroxyl groups excluding tert-OH is 1. The van der Waals surface area contributed by atoms with Crippen LogP contribution in [0.1, 0.15) is 24.7 Å². The second kappa shape index (κ2) is 6.94. The molecule has 1 aromatic rings. The molecule has 16 heavy (non-hydrogen) atoms. The minimum absolute atomic E-state index is 0.123. The quantitative estimate of drug-likeness (QED) is 0.801. The van der Waals surface area contributed by atoms with Gasteiger partial charge in [0.2, 0.25) is 0 Å². The van der Waals surface area contributed by atoms with E-state index >= 15 is 0 Å². The lowest BCUT2D eigenvalue weighted by molar-refractivity contribution is 0.250. The van der Waals surface area contributed by atoms with Gasteiger partial charge < -0.3 is 10.8 Å². The van der Waals surface area contributed by atoms with Crippen molar-refractivity contribution in [3.63, 3.8) is 0 Å². The predicted molar refractivity (Wildman–Crippen MR) is 71.5 cm³/mol. The van der Waals surface area contributed by atoms with Crippen LogP contribution in [-0.2, 0) is 0 Å². The number of hydrogen-bond donors (Lipinski definition) is 2. The van der Waals surface area contributed by atoms with E-state index in [0.717, 1.165) is 5.75 Å². The molecule has 0 aromatic heterocycles. The van der Waals surface area contributed by atoms with Gasteiger partial charge in [-0.25, -0.2) is 0 Å². The van der Waals surface area contributed by atoms with Crippen LogP contribution in [0.5, 0.6) is 0 Å². The monoisotopic (exact) mass is 239 g/mol. The Morgan fingerprint density at radius 3 is 2.38 bits per heavy atom. The maximum absolute atomic E-state index is 9.01.